The van der Waals surface area contributed by atoms with Crippen molar-refractivity contribution in [3.63, 3.8) is 0 Å². The highest BCUT2D eigenvalue weighted by Gasteiger charge is 2.29. The van der Waals surface area contributed by atoms with E-state index in [-0.39, 0.29) is 11.8 Å². The molecule has 148 valence electrons. The molecule has 1 aliphatic carbocycles. The summed E-state index contributed by atoms with van der Waals surface area (Å²) in [6.07, 6.45) is 9.71. The molecule has 1 aromatic heterocycles. The zero-order valence-corrected chi connectivity index (χ0v) is 16.5. The number of amides is 1. The van der Waals surface area contributed by atoms with E-state index < -0.39 is 5.72 Å². The number of rotatable bonds is 6. The number of aryl methyl sites for hydroxylation is 1. The van der Waals surface area contributed by atoms with Crippen LogP contribution in [0.4, 0.5) is 0 Å². The van der Waals surface area contributed by atoms with Gasteiger partial charge < -0.3 is 14.8 Å². The Balaban J connectivity index is 1.57. The Labute approximate surface area is 170 Å². The van der Waals surface area contributed by atoms with Gasteiger partial charge in [0.25, 0.3) is 5.91 Å². The number of allylic oxidation sites excluding steroid dienone is 2. The molecule has 0 unspecified atom stereocenters. The molecule has 1 heterocycles. The van der Waals surface area contributed by atoms with Crippen molar-refractivity contribution in [2.45, 2.75) is 37.8 Å². The van der Waals surface area contributed by atoms with E-state index in [1.807, 2.05) is 66.7 Å². The Morgan fingerprint density at radius 1 is 1.07 bits per heavy atom. The summed E-state index contributed by atoms with van der Waals surface area (Å²) in [5, 5.41) is 14.4. The lowest BCUT2D eigenvalue weighted by Crippen LogP contribution is -2.46. The Bertz CT molecular complexity index is 1050. The van der Waals surface area contributed by atoms with Gasteiger partial charge in [0.2, 0.25) is 0 Å². The standard InChI is InChI=1S/C25H25NO3/c1-2-3-12-22-23(20-11-7-8-13-21(20)29-22)24(27)26-25(28)16-14-19(15-17-25)18-9-5-4-6-10-18/h4-11,13-17,19,28H,2-3,12H2,1H3,(H,26,27). The van der Waals surface area contributed by atoms with Crippen LogP contribution in [0.1, 0.15) is 47.4 Å². The van der Waals surface area contributed by atoms with Crippen LogP contribution in [0.2, 0.25) is 0 Å². The molecule has 0 atom stereocenters. The van der Waals surface area contributed by atoms with Gasteiger partial charge in [-0.15, -0.1) is 0 Å². The van der Waals surface area contributed by atoms with E-state index in [9.17, 15) is 9.90 Å². The third-order valence-corrected chi connectivity index (χ3v) is 5.27. The van der Waals surface area contributed by atoms with E-state index in [1.165, 1.54) is 0 Å². The molecule has 0 spiro atoms. The van der Waals surface area contributed by atoms with Crippen LogP contribution >= 0.6 is 0 Å². The van der Waals surface area contributed by atoms with Gasteiger partial charge in [0, 0.05) is 17.7 Å². The Morgan fingerprint density at radius 3 is 2.48 bits per heavy atom. The molecule has 0 radical (unpaired) electrons. The summed E-state index contributed by atoms with van der Waals surface area (Å²) in [7, 11) is 0. The van der Waals surface area contributed by atoms with Crippen LogP contribution in [0.25, 0.3) is 11.0 Å². The molecular weight excluding hydrogens is 362 g/mol. The van der Waals surface area contributed by atoms with Gasteiger partial charge in [-0.1, -0.05) is 74.0 Å². The lowest BCUT2D eigenvalue weighted by atomic mass is 9.92. The van der Waals surface area contributed by atoms with Gasteiger partial charge >= 0.3 is 0 Å². The van der Waals surface area contributed by atoms with Crippen LogP contribution in [-0.2, 0) is 6.42 Å². The topological polar surface area (TPSA) is 62.5 Å². The first-order valence-corrected chi connectivity index (χ1v) is 10.1. The van der Waals surface area contributed by atoms with Crippen molar-refractivity contribution in [2.24, 2.45) is 0 Å². The first-order chi connectivity index (χ1) is 14.1. The van der Waals surface area contributed by atoms with Crippen LogP contribution in [0, 0.1) is 0 Å². The number of hydrogen-bond donors (Lipinski definition) is 2. The van der Waals surface area contributed by atoms with Gasteiger partial charge in [0.1, 0.15) is 11.3 Å². The molecule has 4 rings (SSSR count). The Hall–Kier alpha value is -3.11. The second-order valence-corrected chi connectivity index (χ2v) is 7.43. The molecule has 0 fully saturated rings. The summed E-state index contributed by atoms with van der Waals surface area (Å²) in [6.45, 7) is 2.10. The largest absolute Gasteiger partial charge is 0.460 e. The number of para-hydroxylation sites is 1. The number of fused-ring (bicyclic) bond motifs is 1. The maximum Gasteiger partial charge on any atom is 0.258 e. The minimum absolute atomic E-state index is 0.0725. The minimum atomic E-state index is -1.53. The van der Waals surface area contributed by atoms with Gasteiger partial charge in [0.05, 0.1) is 5.56 Å². The predicted octanol–water partition coefficient (Wildman–Crippen LogP) is 5.10. The molecule has 3 aromatic rings. The van der Waals surface area contributed by atoms with Gasteiger partial charge in [-0.05, 0) is 30.2 Å². The van der Waals surface area contributed by atoms with E-state index in [0.717, 1.165) is 23.8 Å². The van der Waals surface area contributed by atoms with Crippen LogP contribution in [0.3, 0.4) is 0 Å². The van der Waals surface area contributed by atoms with E-state index in [0.29, 0.717) is 23.3 Å². The van der Waals surface area contributed by atoms with Crippen molar-refractivity contribution in [3.8, 4) is 0 Å². The fraction of sp³-hybridized carbons (Fsp3) is 0.240. The minimum Gasteiger partial charge on any atom is -0.460 e. The summed E-state index contributed by atoms with van der Waals surface area (Å²) >= 11 is 0. The van der Waals surface area contributed by atoms with Crippen molar-refractivity contribution in [1.29, 1.82) is 0 Å². The van der Waals surface area contributed by atoms with Gasteiger partial charge in [-0.3, -0.25) is 4.79 Å². The maximum atomic E-state index is 13.1. The van der Waals surface area contributed by atoms with Crippen LogP contribution < -0.4 is 5.32 Å². The van der Waals surface area contributed by atoms with E-state index in [4.69, 9.17) is 4.42 Å². The highest BCUT2D eigenvalue weighted by molar-refractivity contribution is 6.07. The molecule has 4 nitrogen and oxygen atoms in total. The molecule has 0 saturated carbocycles. The van der Waals surface area contributed by atoms with Gasteiger partial charge in [-0.25, -0.2) is 0 Å². The molecule has 4 heteroatoms. The molecule has 2 aromatic carbocycles. The van der Waals surface area contributed by atoms with Crippen LogP contribution in [-0.4, -0.2) is 16.7 Å². The smallest absolute Gasteiger partial charge is 0.258 e. The highest BCUT2D eigenvalue weighted by Crippen LogP contribution is 2.29. The van der Waals surface area contributed by atoms with E-state index >= 15 is 0 Å². The Kier molecular flexibility index (Phi) is 5.36. The third-order valence-electron chi connectivity index (χ3n) is 5.27. The van der Waals surface area contributed by atoms with E-state index in [2.05, 4.69) is 12.2 Å². The molecule has 0 aliphatic heterocycles. The summed E-state index contributed by atoms with van der Waals surface area (Å²) < 4.78 is 5.94. The summed E-state index contributed by atoms with van der Waals surface area (Å²) in [5.41, 5.74) is 0.808. The fourth-order valence-electron chi connectivity index (χ4n) is 3.70. The molecule has 0 bridgehead atoms. The number of aliphatic hydroxyl groups is 1. The average Bonchev–Trinajstić information content (AvgIpc) is 3.11. The molecule has 1 aliphatic rings. The molecule has 1 amide bonds. The molecule has 0 saturated heterocycles. The number of nitrogens with one attached hydrogen (secondary N) is 1. The second kappa shape index (κ2) is 8.10. The molecule has 29 heavy (non-hydrogen) atoms. The highest BCUT2D eigenvalue weighted by atomic mass is 16.3. The van der Waals surface area contributed by atoms with Crippen molar-refractivity contribution in [1.82, 2.24) is 5.32 Å². The van der Waals surface area contributed by atoms with Crippen molar-refractivity contribution in [2.75, 3.05) is 0 Å². The van der Waals surface area contributed by atoms with E-state index in [1.54, 1.807) is 12.2 Å². The molecule has 2 N–H and O–H groups in total. The number of unbranched alkanes of at least 4 members (excludes halogenated alkanes) is 1. The van der Waals surface area contributed by atoms with Crippen LogP contribution in [0.5, 0.6) is 0 Å². The average molecular weight is 387 g/mol. The molecular formula is C25H25NO3. The third kappa shape index (κ3) is 4.03. The number of hydrogen-bond acceptors (Lipinski definition) is 3. The number of carbonyl (C=O) groups is 1. The first-order valence-electron chi connectivity index (χ1n) is 10.1. The van der Waals surface area contributed by atoms with Gasteiger partial charge in [0.15, 0.2) is 5.72 Å². The van der Waals surface area contributed by atoms with Gasteiger partial charge in [-0.2, -0.15) is 0 Å². The quantitative estimate of drug-likeness (QED) is 0.457. The lowest BCUT2D eigenvalue weighted by Gasteiger charge is -2.27. The van der Waals surface area contributed by atoms with Crippen molar-refractivity contribution in [3.05, 3.63) is 95.8 Å². The summed E-state index contributed by atoms with van der Waals surface area (Å²) in [6, 6.07) is 17.6. The first kappa shape index (κ1) is 19.2. The maximum absolute atomic E-state index is 13.1. The lowest BCUT2D eigenvalue weighted by molar-refractivity contribution is 0.0682. The SMILES string of the molecule is CCCCc1oc2ccccc2c1C(=O)NC1(O)C=CC(c2ccccc2)C=C1. The Morgan fingerprint density at radius 2 is 1.76 bits per heavy atom. The second-order valence-electron chi connectivity index (χ2n) is 7.43. The number of benzene rings is 2. The summed E-state index contributed by atoms with van der Waals surface area (Å²) in [5.74, 6) is 0.402. The fourth-order valence-corrected chi connectivity index (χ4v) is 3.70. The number of carbonyl (C=O) groups excluding carboxylic acids is 1. The monoisotopic (exact) mass is 387 g/mol. The predicted molar refractivity (Wildman–Crippen MR) is 115 cm³/mol. The van der Waals surface area contributed by atoms with Crippen molar-refractivity contribution < 1.29 is 14.3 Å². The zero-order valence-electron chi connectivity index (χ0n) is 16.5. The number of furan rings is 1. The normalized spacial score (nSPS) is 20.8. The summed E-state index contributed by atoms with van der Waals surface area (Å²) in [4.78, 5) is 13.1. The van der Waals surface area contributed by atoms with Crippen LogP contribution in [0.15, 0.2) is 83.3 Å². The van der Waals surface area contributed by atoms with Crippen molar-refractivity contribution >= 4 is 16.9 Å². The zero-order chi connectivity index (χ0) is 20.3.